The molecular weight excluding hydrogens is 252 g/mol. The second kappa shape index (κ2) is 6.99. The summed E-state index contributed by atoms with van der Waals surface area (Å²) in [6.07, 6.45) is 10.2. The first kappa shape index (κ1) is 13.8. The Hall–Kier alpha value is -1.20. The van der Waals surface area contributed by atoms with Gasteiger partial charge in [0.25, 0.3) is 0 Å². The number of nitrogens with zero attached hydrogens (tertiary/aromatic N) is 3. The Morgan fingerprint density at radius 1 is 1.20 bits per heavy atom. The molecule has 1 aromatic rings. The average Bonchev–Trinajstić information content (AvgIpc) is 2.50. The molecule has 2 fully saturated rings. The van der Waals surface area contributed by atoms with E-state index >= 15 is 0 Å². The highest BCUT2D eigenvalue weighted by molar-refractivity contribution is 5.24. The van der Waals surface area contributed by atoms with Gasteiger partial charge in [-0.2, -0.15) is 0 Å². The monoisotopic (exact) mass is 276 g/mol. The molecule has 5 nitrogen and oxygen atoms in total. The molecule has 2 saturated heterocycles. The number of likely N-dealkylation sites (tertiary alicyclic amines) is 1. The van der Waals surface area contributed by atoms with E-state index in [1.165, 1.54) is 38.6 Å². The number of hydrogen-bond donors (Lipinski definition) is 1. The summed E-state index contributed by atoms with van der Waals surface area (Å²) >= 11 is 0. The van der Waals surface area contributed by atoms with Crippen molar-refractivity contribution in [3.8, 4) is 0 Å². The average molecular weight is 276 g/mol. The second-order valence-electron chi connectivity index (χ2n) is 5.80. The van der Waals surface area contributed by atoms with Gasteiger partial charge in [0.1, 0.15) is 0 Å². The minimum absolute atomic E-state index is 0.440. The fraction of sp³-hybridized carbons (Fsp3) is 0.733. The van der Waals surface area contributed by atoms with Crippen LogP contribution in [0.25, 0.3) is 0 Å². The molecule has 20 heavy (non-hydrogen) atoms. The van der Waals surface area contributed by atoms with Crippen molar-refractivity contribution in [2.75, 3.05) is 31.6 Å². The number of anilines is 1. The largest absolute Gasteiger partial charge is 0.377 e. The molecule has 2 atom stereocenters. The number of hydrogen-bond acceptors (Lipinski definition) is 5. The third kappa shape index (κ3) is 3.90. The van der Waals surface area contributed by atoms with Gasteiger partial charge in [0.05, 0.1) is 6.10 Å². The Balaban J connectivity index is 1.48. The molecular formula is C15H24N4O. The van der Waals surface area contributed by atoms with Crippen LogP contribution in [0.3, 0.4) is 0 Å². The molecule has 0 radical (unpaired) electrons. The second-order valence-corrected chi connectivity index (χ2v) is 5.80. The van der Waals surface area contributed by atoms with E-state index in [1.54, 1.807) is 12.4 Å². The molecule has 5 heteroatoms. The molecule has 3 heterocycles. The van der Waals surface area contributed by atoms with Gasteiger partial charge in [-0.15, -0.1) is 0 Å². The van der Waals surface area contributed by atoms with Crippen LogP contribution in [0.1, 0.15) is 32.1 Å². The fourth-order valence-corrected chi connectivity index (χ4v) is 3.13. The molecule has 2 aliphatic heterocycles. The van der Waals surface area contributed by atoms with Crippen molar-refractivity contribution in [1.29, 1.82) is 0 Å². The van der Waals surface area contributed by atoms with Gasteiger partial charge in [0.2, 0.25) is 5.95 Å². The predicted molar refractivity (Wildman–Crippen MR) is 78.7 cm³/mol. The van der Waals surface area contributed by atoms with Crippen LogP contribution in [0.15, 0.2) is 18.5 Å². The zero-order valence-corrected chi connectivity index (χ0v) is 12.0. The Kier molecular flexibility index (Phi) is 4.82. The van der Waals surface area contributed by atoms with Crippen LogP contribution < -0.4 is 5.32 Å². The maximum absolute atomic E-state index is 5.85. The van der Waals surface area contributed by atoms with Gasteiger partial charge in [-0.05, 0) is 44.7 Å². The molecule has 2 unspecified atom stereocenters. The quantitative estimate of drug-likeness (QED) is 0.910. The smallest absolute Gasteiger partial charge is 0.222 e. The summed E-state index contributed by atoms with van der Waals surface area (Å²) in [6, 6.07) is 2.30. The number of piperidine rings is 1. The standard InChI is InChI=1S/C15H24N4O/c1-2-10-20-14(6-1)12-19-9-3-5-13(11-19)18-15-16-7-4-8-17-15/h4,7-8,13-14H,1-3,5-6,9-12H2,(H,16,17,18). The highest BCUT2D eigenvalue weighted by Gasteiger charge is 2.24. The summed E-state index contributed by atoms with van der Waals surface area (Å²) in [6.45, 7) is 4.28. The van der Waals surface area contributed by atoms with Gasteiger partial charge in [-0.1, -0.05) is 0 Å². The Labute approximate surface area is 120 Å². The summed E-state index contributed by atoms with van der Waals surface area (Å²) in [4.78, 5) is 11.0. The first-order valence-corrected chi connectivity index (χ1v) is 7.78. The van der Waals surface area contributed by atoms with Crippen molar-refractivity contribution in [2.45, 2.75) is 44.2 Å². The van der Waals surface area contributed by atoms with Gasteiger partial charge in [0, 0.05) is 38.1 Å². The molecule has 2 aliphatic rings. The van der Waals surface area contributed by atoms with Gasteiger partial charge >= 0.3 is 0 Å². The van der Waals surface area contributed by atoms with E-state index < -0.39 is 0 Å². The predicted octanol–water partition coefficient (Wildman–Crippen LogP) is 1.92. The topological polar surface area (TPSA) is 50.3 Å². The Morgan fingerprint density at radius 3 is 2.90 bits per heavy atom. The first-order valence-electron chi connectivity index (χ1n) is 7.78. The lowest BCUT2D eigenvalue weighted by Crippen LogP contribution is -2.46. The van der Waals surface area contributed by atoms with Crippen LogP contribution in [0, 0.1) is 0 Å². The van der Waals surface area contributed by atoms with Crippen LogP contribution in [0.5, 0.6) is 0 Å². The third-order valence-corrected chi connectivity index (χ3v) is 4.14. The number of nitrogens with one attached hydrogen (secondary N) is 1. The van der Waals surface area contributed by atoms with Crippen LogP contribution >= 0.6 is 0 Å². The minimum Gasteiger partial charge on any atom is -0.377 e. The van der Waals surface area contributed by atoms with Crippen molar-refractivity contribution in [2.24, 2.45) is 0 Å². The zero-order valence-electron chi connectivity index (χ0n) is 12.0. The van der Waals surface area contributed by atoms with E-state index in [4.69, 9.17) is 4.74 Å². The molecule has 0 saturated carbocycles. The molecule has 0 aromatic carbocycles. The van der Waals surface area contributed by atoms with Crippen molar-refractivity contribution >= 4 is 5.95 Å². The maximum Gasteiger partial charge on any atom is 0.222 e. The maximum atomic E-state index is 5.85. The summed E-state index contributed by atoms with van der Waals surface area (Å²) in [7, 11) is 0. The lowest BCUT2D eigenvalue weighted by Gasteiger charge is -2.36. The highest BCUT2D eigenvalue weighted by Crippen LogP contribution is 2.18. The van der Waals surface area contributed by atoms with Crippen molar-refractivity contribution in [1.82, 2.24) is 14.9 Å². The van der Waals surface area contributed by atoms with Gasteiger partial charge in [0.15, 0.2) is 0 Å². The molecule has 0 amide bonds. The Bertz CT molecular complexity index is 394. The molecule has 1 N–H and O–H groups in total. The summed E-state index contributed by atoms with van der Waals surface area (Å²) in [5, 5.41) is 3.44. The Morgan fingerprint density at radius 2 is 2.10 bits per heavy atom. The van der Waals surface area contributed by atoms with E-state index in [2.05, 4.69) is 20.2 Å². The summed E-state index contributed by atoms with van der Waals surface area (Å²) in [5.74, 6) is 0.744. The fourth-order valence-electron chi connectivity index (χ4n) is 3.13. The van der Waals surface area contributed by atoms with Crippen LogP contribution in [-0.2, 0) is 4.74 Å². The van der Waals surface area contributed by atoms with Crippen LogP contribution in [-0.4, -0.2) is 53.3 Å². The molecule has 0 aliphatic carbocycles. The zero-order chi connectivity index (χ0) is 13.6. The van der Waals surface area contributed by atoms with E-state index in [-0.39, 0.29) is 0 Å². The van der Waals surface area contributed by atoms with Gasteiger partial charge in [-0.25, -0.2) is 9.97 Å². The number of rotatable bonds is 4. The number of ether oxygens (including phenoxy) is 1. The SMILES string of the molecule is c1cnc(NC2CCCN(CC3CCCCO3)C2)nc1. The van der Waals surface area contributed by atoms with Crippen molar-refractivity contribution < 1.29 is 4.74 Å². The molecule has 3 rings (SSSR count). The van der Waals surface area contributed by atoms with Crippen LogP contribution in [0.4, 0.5) is 5.95 Å². The minimum atomic E-state index is 0.440. The van der Waals surface area contributed by atoms with Gasteiger partial charge < -0.3 is 10.1 Å². The lowest BCUT2D eigenvalue weighted by atomic mass is 10.0. The number of aromatic nitrogens is 2. The van der Waals surface area contributed by atoms with E-state index in [0.29, 0.717) is 12.1 Å². The molecule has 0 spiro atoms. The molecule has 0 bridgehead atoms. The highest BCUT2D eigenvalue weighted by atomic mass is 16.5. The van der Waals surface area contributed by atoms with Gasteiger partial charge in [-0.3, -0.25) is 4.90 Å². The van der Waals surface area contributed by atoms with Crippen LogP contribution in [0.2, 0.25) is 0 Å². The van der Waals surface area contributed by atoms with E-state index in [1.807, 2.05) is 6.07 Å². The first-order chi connectivity index (χ1) is 9.90. The lowest BCUT2D eigenvalue weighted by molar-refractivity contribution is -0.00932. The van der Waals surface area contributed by atoms with E-state index in [9.17, 15) is 0 Å². The summed E-state index contributed by atoms with van der Waals surface area (Å²) in [5.41, 5.74) is 0. The van der Waals surface area contributed by atoms with E-state index in [0.717, 1.165) is 25.6 Å². The normalized spacial score (nSPS) is 28.2. The third-order valence-electron chi connectivity index (χ3n) is 4.14. The summed E-state index contributed by atoms with van der Waals surface area (Å²) < 4.78 is 5.85. The molecule has 110 valence electrons. The van der Waals surface area contributed by atoms with Crippen molar-refractivity contribution in [3.05, 3.63) is 18.5 Å². The van der Waals surface area contributed by atoms with Crippen molar-refractivity contribution in [3.63, 3.8) is 0 Å². The molecule has 1 aromatic heterocycles.